The first kappa shape index (κ1) is 86.1. The molecule has 88 heavy (non-hydrogen) atoms. The second-order valence-electron chi connectivity index (χ2n) is 25.2. The van der Waals surface area contributed by atoms with Gasteiger partial charge in [-0.05, 0) is 31.6 Å². The number of phosphoric acid groups is 2. The first-order valence-corrected chi connectivity index (χ1v) is 39.2. The summed E-state index contributed by atoms with van der Waals surface area (Å²) >= 11 is 0. The number of carbonyl (C=O) groups is 4. The minimum Gasteiger partial charge on any atom is -0.462 e. The van der Waals surface area contributed by atoms with Crippen LogP contribution in [-0.4, -0.2) is 96.7 Å². The van der Waals surface area contributed by atoms with Crippen molar-refractivity contribution in [2.45, 2.75) is 374 Å². The average molecular weight is 1300 g/mol. The Kier molecular flexibility index (Phi) is 61.1. The molecule has 0 aliphatic rings. The normalized spacial score (nSPS) is 14.4. The Bertz CT molecular complexity index is 1710. The van der Waals surface area contributed by atoms with Crippen LogP contribution < -0.4 is 0 Å². The molecule has 0 bridgehead atoms. The highest BCUT2D eigenvalue weighted by Crippen LogP contribution is 2.45. The van der Waals surface area contributed by atoms with Gasteiger partial charge in [-0.2, -0.15) is 0 Å². The molecule has 0 spiro atoms. The molecule has 0 aromatic carbocycles. The topological polar surface area (TPSA) is 237 Å². The molecule has 0 saturated heterocycles. The minimum atomic E-state index is -4.95. The maximum absolute atomic E-state index is 13.0. The number of aliphatic hydroxyl groups excluding tert-OH is 1. The summed E-state index contributed by atoms with van der Waals surface area (Å²) in [6.45, 7) is 7.17. The Morgan fingerprint density at radius 2 is 0.545 bits per heavy atom. The standard InChI is InChI=1S/C69H134O17P2/c1-6-10-13-16-19-22-24-26-28-29-31-33-35-38-44-49-54-68(73)85-64(58-80-67(72)53-48-43-37-34-32-30-27-25-23-20-17-14-11-7-2)60-83-87(75,76)81-56-63(70)57-82-88(77,78)84-61-65(59-79-66(71)52-47-42-36-21-18-15-12-8-3)86-69(74)55-50-45-40-39-41-46-51-62(5)9-4/h62-65,70H,6-61H2,1-5H3,(H,75,76)(H,77,78)/t62?,63-,64-,65-/m1/s1. The van der Waals surface area contributed by atoms with Crippen molar-refractivity contribution in [1.82, 2.24) is 0 Å². The van der Waals surface area contributed by atoms with Crippen molar-refractivity contribution in [1.29, 1.82) is 0 Å². The van der Waals surface area contributed by atoms with E-state index >= 15 is 0 Å². The van der Waals surface area contributed by atoms with Crippen LogP contribution in [0.4, 0.5) is 0 Å². The van der Waals surface area contributed by atoms with E-state index in [1.807, 2.05) is 0 Å². The number of hydrogen-bond acceptors (Lipinski definition) is 15. The highest BCUT2D eigenvalue weighted by Gasteiger charge is 2.30. The van der Waals surface area contributed by atoms with Crippen molar-refractivity contribution in [3.8, 4) is 0 Å². The quantitative estimate of drug-likeness (QED) is 0.0222. The van der Waals surface area contributed by atoms with E-state index in [1.165, 1.54) is 173 Å². The summed E-state index contributed by atoms with van der Waals surface area (Å²) in [5.74, 6) is -1.41. The Labute approximate surface area is 537 Å². The van der Waals surface area contributed by atoms with Gasteiger partial charge in [0.2, 0.25) is 0 Å². The average Bonchev–Trinajstić information content (AvgIpc) is 3.42. The van der Waals surface area contributed by atoms with E-state index < -0.39 is 97.5 Å². The van der Waals surface area contributed by atoms with Crippen molar-refractivity contribution in [2.24, 2.45) is 5.92 Å². The summed E-state index contributed by atoms with van der Waals surface area (Å²) in [5.41, 5.74) is 0. The Hall–Kier alpha value is -1.94. The van der Waals surface area contributed by atoms with Crippen molar-refractivity contribution < 1.29 is 80.2 Å². The highest BCUT2D eigenvalue weighted by molar-refractivity contribution is 7.47. The minimum absolute atomic E-state index is 0.103. The van der Waals surface area contributed by atoms with E-state index in [4.69, 9.17) is 37.0 Å². The number of unbranched alkanes of at least 4 members (excludes halogenated alkanes) is 40. The molecule has 3 unspecified atom stereocenters. The van der Waals surface area contributed by atoms with E-state index in [2.05, 4.69) is 34.6 Å². The van der Waals surface area contributed by atoms with Gasteiger partial charge < -0.3 is 33.8 Å². The van der Waals surface area contributed by atoms with E-state index in [1.54, 1.807) is 0 Å². The molecule has 0 radical (unpaired) electrons. The molecule has 3 N–H and O–H groups in total. The SMILES string of the molecule is CCCCCCCCCCCCCCCCCCC(=O)O[C@H](COC(=O)CCCCCCCCCCCCCCCC)COP(=O)(O)OC[C@@H](O)COP(=O)(O)OC[C@@H](COC(=O)CCCCCCCCCC)OC(=O)CCCCCCCCC(C)CC. The van der Waals surface area contributed by atoms with Crippen molar-refractivity contribution in [3.05, 3.63) is 0 Å². The van der Waals surface area contributed by atoms with Crippen molar-refractivity contribution in [3.63, 3.8) is 0 Å². The van der Waals surface area contributed by atoms with E-state index in [0.717, 1.165) is 102 Å². The molecule has 17 nitrogen and oxygen atoms in total. The molecule has 522 valence electrons. The third-order valence-electron chi connectivity index (χ3n) is 16.4. The van der Waals surface area contributed by atoms with E-state index in [9.17, 15) is 43.2 Å². The van der Waals surface area contributed by atoms with Crippen LogP contribution in [0.2, 0.25) is 0 Å². The second-order valence-corrected chi connectivity index (χ2v) is 28.1. The summed E-state index contributed by atoms with van der Waals surface area (Å²) in [5, 5.41) is 10.6. The van der Waals surface area contributed by atoms with Gasteiger partial charge in [0.15, 0.2) is 12.2 Å². The number of phosphoric ester groups is 2. The molecule has 0 aliphatic heterocycles. The van der Waals surface area contributed by atoms with Crippen LogP contribution in [0.1, 0.15) is 356 Å². The van der Waals surface area contributed by atoms with Crippen LogP contribution >= 0.6 is 15.6 Å². The smallest absolute Gasteiger partial charge is 0.462 e. The zero-order valence-electron chi connectivity index (χ0n) is 56.9. The number of carbonyl (C=O) groups excluding carboxylic acids is 4. The Balaban J connectivity index is 5.22. The van der Waals surface area contributed by atoms with E-state index in [0.29, 0.717) is 25.7 Å². The van der Waals surface area contributed by atoms with Gasteiger partial charge in [0.25, 0.3) is 0 Å². The van der Waals surface area contributed by atoms with Crippen molar-refractivity contribution in [2.75, 3.05) is 39.6 Å². The summed E-state index contributed by atoms with van der Waals surface area (Å²) in [4.78, 5) is 72.4. The lowest BCUT2D eigenvalue weighted by molar-refractivity contribution is -0.161. The summed E-state index contributed by atoms with van der Waals surface area (Å²) in [6.07, 6.45) is 48.6. The predicted molar refractivity (Wildman–Crippen MR) is 354 cm³/mol. The molecule has 0 saturated carbocycles. The number of aliphatic hydroxyl groups is 1. The zero-order chi connectivity index (χ0) is 64.9. The summed E-state index contributed by atoms with van der Waals surface area (Å²) in [6, 6.07) is 0. The third kappa shape index (κ3) is 61.6. The fourth-order valence-electron chi connectivity index (χ4n) is 10.4. The Morgan fingerprint density at radius 3 is 0.807 bits per heavy atom. The van der Waals surface area contributed by atoms with Gasteiger partial charge in [-0.25, -0.2) is 9.13 Å². The molecule has 0 aromatic rings. The van der Waals surface area contributed by atoms with E-state index in [-0.39, 0.29) is 25.7 Å². The van der Waals surface area contributed by atoms with Gasteiger partial charge in [-0.3, -0.25) is 37.3 Å². The fourth-order valence-corrected chi connectivity index (χ4v) is 12.0. The molecule has 19 heteroatoms. The van der Waals surface area contributed by atoms with Crippen molar-refractivity contribution >= 4 is 39.5 Å². The monoisotopic (exact) mass is 1300 g/mol. The van der Waals surface area contributed by atoms with Gasteiger partial charge >= 0.3 is 39.5 Å². The number of rotatable bonds is 69. The molecular weight excluding hydrogens is 1160 g/mol. The number of hydrogen-bond donors (Lipinski definition) is 3. The van der Waals surface area contributed by atoms with Crippen LogP contribution in [0, 0.1) is 5.92 Å². The highest BCUT2D eigenvalue weighted by atomic mass is 31.2. The molecule has 0 amide bonds. The van der Waals surface area contributed by atoms with Gasteiger partial charge in [0.1, 0.15) is 19.3 Å². The lowest BCUT2D eigenvalue weighted by Crippen LogP contribution is -2.30. The second kappa shape index (κ2) is 62.5. The van der Waals surface area contributed by atoms with Gasteiger partial charge in [-0.15, -0.1) is 0 Å². The first-order chi connectivity index (χ1) is 42.6. The summed E-state index contributed by atoms with van der Waals surface area (Å²) < 4.78 is 68.2. The molecule has 0 aliphatic carbocycles. The zero-order valence-corrected chi connectivity index (χ0v) is 58.6. The van der Waals surface area contributed by atoms with Crippen LogP contribution in [0.3, 0.4) is 0 Å². The van der Waals surface area contributed by atoms with Gasteiger partial charge in [0.05, 0.1) is 26.4 Å². The maximum Gasteiger partial charge on any atom is 0.472 e. The third-order valence-corrected chi connectivity index (χ3v) is 18.3. The summed E-state index contributed by atoms with van der Waals surface area (Å²) in [7, 11) is -9.89. The maximum atomic E-state index is 13.0. The predicted octanol–water partition coefficient (Wildman–Crippen LogP) is 19.7. The number of ether oxygens (including phenoxy) is 4. The fraction of sp³-hybridized carbons (Fsp3) is 0.942. The van der Waals surface area contributed by atoms with Gasteiger partial charge in [-0.1, -0.05) is 304 Å². The van der Waals surface area contributed by atoms with Gasteiger partial charge in [0, 0.05) is 25.7 Å². The van der Waals surface area contributed by atoms with Crippen LogP contribution in [-0.2, 0) is 65.4 Å². The molecule has 0 aromatic heterocycles. The lowest BCUT2D eigenvalue weighted by atomic mass is 10.00. The largest absolute Gasteiger partial charge is 0.472 e. The molecule has 0 rings (SSSR count). The molecule has 6 atom stereocenters. The van der Waals surface area contributed by atoms with Crippen LogP contribution in [0.15, 0.2) is 0 Å². The molecular formula is C69H134O17P2. The number of esters is 4. The molecule has 0 fully saturated rings. The lowest BCUT2D eigenvalue weighted by Gasteiger charge is -2.21. The Morgan fingerprint density at radius 1 is 0.318 bits per heavy atom. The first-order valence-electron chi connectivity index (χ1n) is 36.2. The van der Waals surface area contributed by atoms with Crippen LogP contribution in [0.5, 0.6) is 0 Å². The van der Waals surface area contributed by atoms with Crippen LogP contribution in [0.25, 0.3) is 0 Å². The molecule has 0 heterocycles.